The number of carbonyl (C=O) groups excluding carboxylic acids is 1. The van der Waals surface area contributed by atoms with E-state index in [1.54, 1.807) is 40.2 Å². The van der Waals surface area contributed by atoms with Gasteiger partial charge >= 0.3 is 5.97 Å². The summed E-state index contributed by atoms with van der Waals surface area (Å²) in [4.78, 5) is 12.4. The van der Waals surface area contributed by atoms with Gasteiger partial charge < -0.3 is 24.8 Å². The van der Waals surface area contributed by atoms with Gasteiger partial charge in [0, 0.05) is 11.3 Å². The summed E-state index contributed by atoms with van der Waals surface area (Å²) >= 11 is 5.22. The van der Waals surface area contributed by atoms with Crippen LogP contribution in [0.3, 0.4) is 0 Å². The van der Waals surface area contributed by atoms with Crippen molar-refractivity contribution < 1.29 is 19.0 Å². The predicted octanol–water partition coefficient (Wildman–Crippen LogP) is 2.06. The van der Waals surface area contributed by atoms with Crippen LogP contribution in [0.2, 0.25) is 0 Å². The Hall–Kier alpha value is -2.28. The highest BCUT2D eigenvalue weighted by atomic mass is 32.1. The van der Waals surface area contributed by atoms with E-state index in [4.69, 9.17) is 26.4 Å². The van der Waals surface area contributed by atoms with Gasteiger partial charge in [0.15, 0.2) is 5.11 Å². The first-order chi connectivity index (χ1) is 11.0. The van der Waals surface area contributed by atoms with E-state index in [9.17, 15) is 4.79 Å². The first kappa shape index (κ1) is 17.1. The second-order valence-corrected chi connectivity index (χ2v) is 5.31. The predicted molar refractivity (Wildman–Crippen MR) is 90.5 cm³/mol. The normalized spacial score (nSPS) is 17.2. The van der Waals surface area contributed by atoms with Crippen LogP contribution in [-0.4, -0.2) is 31.9 Å². The quantitative estimate of drug-likeness (QED) is 0.630. The van der Waals surface area contributed by atoms with Gasteiger partial charge in [0.1, 0.15) is 11.5 Å². The van der Waals surface area contributed by atoms with Gasteiger partial charge in [0.2, 0.25) is 0 Å². The molecule has 1 atom stereocenters. The van der Waals surface area contributed by atoms with Crippen molar-refractivity contribution in [2.24, 2.45) is 0 Å². The molecule has 124 valence electrons. The molecule has 1 aliphatic rings. The molecule has 1 aromatic rings. The van der Waals surface area contributed by atoms with Gasteiger partial charge in [-0.15, -0.1) is 0 Å². The van der Waals surface area contributed by atoms with Crippen molar-refractivity contribution in [3.63, 3.8) is 0 Å². The molecular weight excluding hydrogens is 316 g/mol. The second-order valence-electron chi connectivity index (χ2n) is 4.90. The SMILES string of the molecule is CCOC(=O)C1=C(C)NC(=S)N[C@H]1c1cc(OC)ccc1OC. The third-order valence-electron chi connectivity index (χ3n) is 3.51. The summed E-state index contributed by atoms with van der Waals surface area (Å²) in [6, 6.07) is 4.92. The molecule has 2 N–H and O–H groups in total. The Bertz CT molecular complexity index is 657. The van der Waals surface area contributed by atoms with Gasteiger partial charge in [0.25, 0.3) is 0 Å². The molecule has 0 aliphatic carbocycles. The molecule has 0 saturated carbocycles. The van der Waals surface area contributed by atoms with E-state index in [2.05, 4.69) is 10.6 Å². The maximum atomic E-state index is 12.4. The van der Waals surface area contributed by atoms with E-state index in [0.717, 1.165) is 5.56 Å². The van der Waals surface area contributed by atoms with E-state index < -0.39 is 12.0 Å². The number of hydrogen-bond acceptors (Lipinski definition) is 5. The van der Waals surface area contributed by atoms with Crippen molar-refractivity contribution >= 4 is 23.3 Å². The number of thiocarbonyl (C=S) groups is 1. The number of methoxy groups -OCH3 is 2. The summed E-state index contributed by atoms with van der Waals surface area (Å²) in [7, 11) is 3.16. The number of hydrogen-bond donors (Lipinski definition) is 2. The smallest absolute Gasteiger partial charge is 0.338 e. The summed E-state index contributed by atoms with van der Waals surface area (Å²) in [6.45, 7) is 3.85. The van der Waals surface area contributed by atoms with Gasteiger partial charge in [-0.05, 0) is 44.3 Å². The van der Waals surface area contributed by atoms with Crippen molar-refractivity contribution in [3.8, 4) is 11.5 Å². The molecule has 0 radical (unpaired) electrons. The highest BCUT2D eigenvalue weighted by Crippen LogP contribution is 2.35. The Labute approximate surface area is 140 Å². The summed E-state index contributed by atoms with van der Waals surface area (Å²) in [5.41, 5.74) is 1.87. The van der Waals surface area contributed by atoms with Crippen LogP contribution in [0, 0.1) is 0 Å². The minimum absolute atomic E-state index is 0.294. The zero-order valence-electron chi connectivity index (χ0n) is 13.6. The molecule has 1 aromatic carbocycles. The Morgan fingerprint density at radius 1 is 1.30 bits per heavy atom. The van der Waals surface area contributed by atoms with Gasteiger partial charge in [-0.3, -0.25) is 0 Å². The summed E-state index contributed by atoms with van der Waals surface area (Å²) < 4.78 is 15.9. The standard InChI is InChI=1S/C16H20N2O4S/c1-5-22-15(19)13-9(2)17-16(23)18-14(13)11-8-10(20-3)6-7-12(11)21-4/h6-8,14H,5H2,1-4H3,(H2,17,18,23)/t14-/m0/s1. The van der Waals surface area contributed by atoms with E-state index in [1.807, 2.05) is 6.07 Å². The zero-order valence-corrected chi connectivity index (χ0v) is 14.4. The van der Waals surface area contributed by atoms with Crippen LogP contribution in [0.15, 0.2) is 29.5 Å². The summed E-state index contributed by atoms with van der Waals surface area (Å²) in [5.74, 6) is 0.887. The molecule has 6 nitrogen and oxygen atoms in total. The Morgan fingerprint density at radius 2 is 2.04 bits per heavy atom. The van der Waals surface area contributed by atoms with Gasteiger partial charge in [-0.2, -0.15) is 0 Å². The topological polar surface area (TPSA) is 68.8 Å². The third kappa shape index (κ3) is 3.56. The molecule has 0 fully saturated rings. The molecule has 7 heteroatoms. The van der Waals surface area contributed by atoms with E-state index in [-0.39, 0.29) is 0 Å². The van der Waals surface area contributed by atoms with Crippen molar-refractivity contribution in [2.45, 2.75) is 19.9 Å². The maximum absolute atomic E-state index is 12.4. The Balaban J connectivity index is 2.56. The van der Waals surface area contributed by atoms with Crippen molar-refractivity contribution in [1.82, 2.24) is 10.6 Å². The van der Waals surface area contributed by atoms with Crippen LogP contribution in [-0.2, 0) is 9.53 Å². The van der Waals surface area contributed by atoms with Crippen molar-refractivity contribution in [3.05, 3.63) is 35.0 Å². The average molecular weight is 336 g/mol. The number of ether oxygens (including phenoxy) is 3. The first-order valence-electron chi connectivity index (χ1n) is 7.19. The van der Waals surface area contributed by atoms with Gasteiger partial charge in [-0.1, -0.05) is 0 Å². The number of rotatable bonds is 5. The lowest BCUT2D eigenvalue weighted by Crippen LogP contribution is -2.45. The van der Waals surface area contributed by atoms with Crippen molar-refractivity contribution in [2.75, 3.05) is 20.8 Å². The molecule has 2 rings (SSSR count). The molecule has 0 saturated heterocycles. The van der Waals surface area contributed by atoms with Crippen LogP contribution in [0.5, 0.6) is 11.5 Å². The van der Waals surface area contributed by atoms with Crippen LogP contribution >= 0.6 is 12.2 Å². The van der Waals surface area contributed by atoms with Crippen molar-refractivity contribution in [1.29, 1.82) is 0 Å². The summed E-state index contributed by atoms with van der Waals surface area (Å²) in [5, 5.41) is 6.50. The molecular formula is C16H20N2O4S. The highest BCUT2D eigenvalue weighted by molar-refractivity contribution is 7.80. The average Bonchev–Trinajstić information content (AvgIpc) is 2.53. The number of benzene rings is 1. The molecule has 1 heterocycles. The van der Waals surface area contributed by atoms with E-state index in [0.29, 0.717) is 34.5 Å². The monoisotopic (exact) mass is 336 g/mol. The van der Waals surface area contributed by atoms with Gasteiger partial charge in [0.05, 0.1) is 32.4 Å². The van der Waals surface area contributed by atoms with Crippen LogP contribution in [0.4, 0.5) is 0 Å². The number of nitrogens with one attached hydrogen (secondary N) is 2. The lowest BCUT2D eigenvalue weighted by atomic mass is 9.94. The van der Waals surface area contributed by atoms with E-state index >= 15 is 0 Å². The maximum Gasteiger partial charge on any atom is 0.338 e. The fourth-order valence-corrected chi connectivity index (χ4v) is 2.74. The number of carbonyl (C=O) groups is 1. The molecule has 0 unspecified atom stereocenters. The minimum Gasteiger partial charge on any atom is -0.497 e. The Morgan fingerprint density at radius 3 is 2.65 bits per heavy atom. The molecule has 0 spiro atoms. The van der Waals surface area contributed by atoms with Gasteiger partial charge in [-0.25, -0.2) is 4.79 Å². The highest BCUT2D eigenvalue weighted by Gasteiger charge is 2.32. The molecule has 1 aliphatic heterocycles. The number of esters is 1. The molecule has 0 amide bonds. The molecule has 0 bridgehead atoms. The fraction of sp³-hybridized carbons (Fsp3) is 0.375. The second kappa shape index (κ2) is 7.32. The van der Waals surface area contributed by atoms with Crippen LogP contribution < -0.4 is 20.1 Å². The largest absolute Gasteiger partial charge is 0.497 e. The molecule has 0 aromatic heterocycles. The number of allylic oxidation sites excluding steroid dienone is 1. The zero-order chi connectivity index (χ0) is 17.0. The van der Waals surface area contributed by atoms with Crippen LogP contribution in [0.1, 0.15) is 25.5 Å². The van der Waals surface area contributed by atoms with Crippen LogP contribution in [0.25, 0.3) is 0 Å². The third-order valence-corrected chi connectivity index (χ3v) is 3.73. The lowest BCUT2D eigenvalue weighted by molar-refractivity contribution is -0.139. The molecule has 23 heavy (non-hydrogen) atoms. The van der Waals surface area contributed by atoms with E-state index in [1.165, 1.54) is 0 Å². The first-order valence-corrected chi connectivity index (χ1v) is 7.60. The minimum atomic E-state index is -0.479. The lowest BCUT2D eigenvalue weighted by Gasteiger charge is -2.30. The Kier molecular flexibility index (Phi) is 5.44. The fourth-order valence-electron chi connectivity index (χ4n) is 2.47. The summed E-state index contributed by atoms with van der Waals surface area (Å²) in [6.07, 6.45) is 0.